The van der Waals surface area contributed by atoms with E-state index in [9.17, 15) is 9.59 Å². The fourth-order valence-electron chi connectivity index (χ4n) is 3.79. The van der Waals surface area contributed by atoms with Gasteiger partial charge in [-0.15, -0.1) is 0 Å². The number of methoxy groups -OCH3 is 2. The SMILES string of the molecule is COc1cnc2c(c1)c(C(=O)CC(=O)Nc1ccnc(OC)c1)c(C)n2Cc1ccc(Cl)cc1. The third-order valence-electron chi connectivity index (χ3n) is 5.45. The first-order valence-electron chi connectivity index (χ1n) is 10.5. The average molecular weight is 479 g/mol. The maximum Gasteiger partial charge on any atom is 0.232 e. The van der Waals surface area contributed by atoms with Crippen molar-refractivity contribution in [3.05, 3.63) is 76.7 Å². The number of amides is 1. The molecule has 3 aromatic heterocycles. The van der Waals surface area contributed by atoms with Gasteiger partial charge in [-0.25, -0.2) is 9.97 Å². The maximum atomic E-state index is 13.3. The Balaban J connectivity index is 1.66. The summed E-state index contributed by atoms with van der Waals surface area (Å²) in [4.78, 5) is 34.5. The molecule has 4 rings (SSSR count). The number of fused-ring (bicyclic) bond motifs is 1. The number of anilines is 1. The summed E-state index contributed by atoms with van der Waals surface area (Å²) in [5, 5.41) is 4.00. The minimum atomic E-state index is -0.438. The van der Waals surface area contributed by atoms with E-state index in [4.69, 9.17) is 21.1 Å². The van der Waals surface area contributed by atoms with Gasteiger partial charge >= 0.3 is 0 Å². The topological polar surface area (TPSA) is 95.3 Å². The molecule has 0 aliphatic carbocycles. The molecule has 0 radical (unpaired) electrons. The Morgan fingerprint density at radius 2 is 1.82 bits per heavy atom. The van der Waals surface area contributed by atoms with Crippen molar-refractivity contribution >= 4 is 40.0 Å². The first-order valence-corrected chi connectivity index (χ1v) is 10.9. The van der Waals surface area contributed by atoms with E-state index in [2.05, 4.69) is 15.3 Å². The molecule has 0 saturated carbocycles. The molecule has 1 aromatic carbocycles. The fraction of sp³-hybridized carbons (Fsp3) is 0.200. The van der Waals surface area contributed by atoms with Crippen molar-refractivity contribution in [2.75, 3.05) is 19.5 Å². The summed E-state index contributed by atoms with van der Waals surface area (Å²) in [6.07, 6.45) is 2.80. The number of ether oxygens (including phenoxy) is 2. The molecule has 1 N–H and O–H groups in total. The van der Waals surface area contributed by atoms with E-state index in [1.807, 2.05) is 35.8 Å². The molecule has 0 atom stereocenters. The summed E-state index contributed by atoms with van der Waals surface area (Å²) in [6, 6.07) is 12.5. The quantitative estimate of drug-likeness (QED) is 0.292. The first kappa shape index (κ1) is 23.3. The molecule has 0 bridgehead atoms. The van der Waals surface area contributed by atoms with Crippen LogP contribution in [0.5, 0.6) is 11.6 Å². The zero-order valence-corrected chi connectivity index (χ0v) is 19.7. The summed E-state index contributed by atoms with van der Waals surface area (Å²) < 4.78 is 12.4. The monoisotopic (exact) mass is 478 g/mol. The van der Waals surface area contributed by atoms with Crippen LogP contribution < -0.4 is 14.8 Å². The molecule has 1 amide bonds. The van der Waals surface area contributed by atoms with Crippen molar-refractivity contribution in [1.82, 2.24) is 14.5 Å². The number of Topliss-reactive ketones (excluding diaryl/α,β-unsaturated/α-hetero) is 1. The van der Waals surface area contributed by atoms with Crippen LogP contribution in [-0.2, 0) is 11.3 Å². The van der Waals surface area contributed by atoms with Gasteiger partial charge in [-0.1, -0.05) is 23.7 Å². The molecule has 8 nitrogen and oxygen atoms in total. The Kier molecular flexibility index (Phi) is 6.79. The van der Waals surface area contributed by atoms with Gasteiger partial charge in [0.15, 0.2) is 5.78 Å². The lowest BCUT2D eigenvalue weighted by Crippen LogP contribution is -2.17. The van der Waals surface area contributed by atoms with Crippen LogP contribution in [0.2, 0.25) is 5.02 Å². The maximum absolute atomic E-state index is 13.3. The van der Waals surface area contributed by atoms with E-state index in [0.717, 1.165) is 5.56 Å². The van der Waals surface area contributed by atoms with Crippen LogP contribution in [0.3, 0.4) is 0 Å². The van der Waals surface area contributed by atoms with Crippen LogP contribution in [0.15, 0.2) is 54.9 Å². The summed E-state index contributed by atoms with van der Waals surface area (Å²) >= 11 is 6.02. The number of ketones is 1. The molecule has 0 spiro atoms. The number of hydrogen-bond donors (Lipinski definition) is 1. The van der Waals surface area contributed by atoms with Gasteiger partial charge in [0.2, 0.25) is 11.8 Å². The molecule has 0 aliphatic heterocycles. The number of rotatable bonds is 8. The molecule has 3 heterocycles. The number of aromatic nitrogens is 3. The van der Waals surface area contributed by atoms with Gasteiger partial charge in [0, 0.05) is 46.2 Å². The summed E-state index contributed by atoms with van der Waals surface area (Å²) in [7, 11) is 3.03. The van der Waals surface area contributed by atoms with Crippen LogP contribution in [0, 0.1) is 6.92 Å². The Bertz CT molecular complexity index is 1370. The smallest absolute Gasteiger partial charge is 0.232 e. The Hall–Kier alpha value is -3.91. The molecule has 0 fully saturated rings. The lowest BCUT2D eigenvalue weighted by atomic mass is 10.0. The van der Waals surface area contributed by atoms with Gasteiger partial charge in [0.1, 0.15) is 11.4 Å². The largest absolute Gasteiger partial charge is 0.495 e. The second-order valence-corrected chi connectivity index (χ2v) is 8.09. The summed E-state index contributed by atoms with van der Waals surface area (Å²) in [6.45, 7) is 2.35. The number of halogens is 1. The third kappa shape index (κ3) is 4.87. The number of nitrogens with one attached hydrogen (secondary N) is 1. The molecule has 0 saturated heterocycles. The Morgan fingerprint density at radius 3 is 2.53 bits per heavy atom. The van der Waals surface area contributed by atoms with E-state index in [1.165, 1.54) is 13.3 Å². The molecule has 0 unspecified atom stereocenters. The molecule has 174 valence electrons. The normalized spacial score (nSPS) is 10.8. The van der Waals surface area contributed by atoms with Crippen LogP contribution >= 0.6 is 11.6 Å². The zero-order chi connectivity index (χ0) is 24.2. The van der Waals surface area contributed by atoms with E-state index in [0.29, 0.717) is 51.2 Å². The third-order valence-corrected chi connectivity index (χ3v) is 5.70. The highest BCUT2D eigenvalue weighted by Crippen LogP contribution is 2.30. The van der Waals surface area contributed by atoms with Crippen molar-refractivity contribution in [2.45, 2.75) is 19.9 Å². The Labute approximate surface area is 201 Å². The molecular formula is C25H23ClN4O4. The molecule has 0 aliphatic rings. The standard InChI is InChI=1S/C25H23ClN4O4/c1-15-24(21(31)12-22(32)29-18-8-9-27-23(10-18)34-3)20-11-19(33-2)13-28-25(20)30(15)14-16-4-6-17(26)7-5-16/h4-11,13H,12,14H2,1-3H3,(H,27,29,32). The van der Waals surface area contributed by atoms with Gasteiger partial charge in [0.25, 0.3) is 0 Å². The Morgan fingerprint density at radius 1 is 1.06 bits per heavy atom. The summed E-state index contributed by atoms with van der Waals surface area (Å²) in [5.74, 6) is 0.139. The minimum absolute atomic E-state index is 0.314. The molecule has 9 heteroatoms. The predicted molar refractivity (Wildman–Crippen MR) is 130 cm³/mol. The molecule has 4 aromatic rings. The number of carbonyl (C=O) groups excluding carboxylic acids is 2. The van der Waals surface area contributed by atoms with Crippen LogP contribution in [0.4, 0.5) is 5.69 Å². The zero-order valence-electron chi connectivity index (χ0n) is 19.0. The van der Waals surface area contributed by atoms with E-state index < -0.39 is 5.91 Å². The van der Waals surface area contributed by atoms with Crippen molar-refractivity contribution in [2.24, 2.45) is 0 Å². The van der Waals surface area contributed by atoms with Gasteiger partial charge in [-0.2, -0.15) is 0 Å². The van der Waals surface area contributed by atoms with Crippen LogP contribution in [-0.4, -0.2) is 40.4 Å². The van der Waals surface area contributed by atoms with Crippen molar-refractivity contribution in [3.63, 3.8) is 0 Å². The highest BCUT2D eigenvalue weighted by Gasteiger charge is 2.23. The van der Waals surface area contributed by atoms with Gasteiger partial charge < -0.3 is 19.4 Å². The first-order chi connectivity index (χ1) is 16.4. The number of hydrogen-bond acceptors (Lipinski definition) is 6. The molecule has 34 heavy (non-hydrogen) atoms. The van der Waals surface area contributed by atoms with Crippen molar-refractivity contribution < 1.29 is 19.1 Å². The number of nitrogens with zero attached hydrogens (tertiary/aromatic N) is 3. The highest BCUT2D eigenvalue weighted by atomic mass is 35.5. The van der Waals surface area contributed by atoms with Crippen LogP contribution in [0.1, 0.15) is 28.0 Å². The van der Waals surface area contributed by atoms with E-state index >= 15 is 0 Å². The molecular weight excluding hydrogens is 456 g/mol. The predicted octanol–water partition coefficient (Wildman–Crippen LogP) is 4.67. The second kappa shape index (κ2) is 9.93. The van der Waals surface area contributed by atoms with Crippen molar-refractivity contribution in [1.29, 1.82) is 0 Å². The van der Waals surface area contributed by atoms with E-state index in [-0.39, 0.29) is 12.2 Å². The lowest BCUT2D eigenvalue weighted by Gasteiger charge is -2.09. The van der Waals surface area contributed by atoms with Crippen molar-refractivity contribution in [3.8, 4) is 11.6 Å². The summed E-state index contributed by atoms with van der Waals surface area (Å²) in [5.41, 5.74) is 3.29. The van der Waals surface area contributed by atoms with E-state index in [1.54, 1.807) is 31.5 Å². The second-order valence-electron chi connectivity index (χ2n) is 7.65. The minimum Gasteiger partial charge on any atom is -0.495 e. The van der Waals surface area contributed by atoms with Crippen LogP contribution in [0.25, 0.3) is 11.0 Å². The van der Waals surface area contributed by atoms with Gasteiger partial charge in [0.05, 0.1) is 26.8 Å². The van der Waals surface area contributed by atoms with Gasteiger partial charge in [-0.3, -0.25) is 9.59 Å². The highest BCUT2D eigenvalue weighted by molar-refractivity contribution is 6.30. The van der Waals surface area contributed by atoms with Gasteiger partial charge in [-0.05, 0) is 36.8 Å². The lowest BCUT2D eigenvalue weighted by molar-refractivity contribution is -0.115. The average Bonchev–Trinajstić information content (AvgIpc) is 3.10. The fourth-order valence-corrected chi connectivity index (χ4v) is 3.92. The number of pyridine rings is 2. The number of benzene rings is 1. The number of carbonyl (C=O) groups is 2.